The van der Waals surface area contributed by atoms with Gasteiger partial charge in [-0.05, 0) is 53.9 Å². The number of benzene rings is 1. The highest BCUT2D eigenvalue weighted by Gasteiger charge is 2.40. The van der Waals surface area contributed by atoms with Crippen LogP contribution in [-0.4, -0.2) is 18.1 Å². The quantitative estimate of drug-likeness (QED) is 0.785. The van der Waals surface area contributed by atoms with Gasteiger partial charge in [0.05, 0.1) is 11.6 Å². The zero-order chi connectivity index (χ0) is 14.6. The van der Waals surface area contributed by atoms with E-state index >= 15 is 0 Å². The molecule has 0 amide bonds. The predicted octanol–water partition coefficient (Wildman–Crippen LogP) is 4.78. The van der Waals surface area contributed by atoms with Gasteiger partial charge < -0.3 is 10.1 Å². The van der Waals surface area contributed by atoms with Crippen LogP contribution in [0.4, 0.5) is 5.69 Å². The van der Waals surface area contributed by atoms with Gasteiger partial charge in [-0.2, -0.15) is 0 Å². The lowest BCUT2D eigenvalue weighted by Gasteiger charge is -2.36. The summed E-state index contributed by atoms with van der Waals surface area (Å²) in [5, 5.41) is 4.04. The average Bonchev–Trinajstić information content (AvgIpc) is 2.44. The third kappa shape index (κ3) is 3.47. The summed E-state index contributed by atoms with van der Waals surface area (Å²) >= 11 is 9.41. The van der Waals surface area contributed by atoms with Crippen LogP contribution < -0.4 is 5.32 Å². The summed E-state index contributed by atoms with van der Waals surface area (Å²) in [6.45, 7) is 2.25. The number of carbonyl (C=O) groups is 1. The van der Waals surface area contributed by atoms with Gasteiger partial charge in [0.15, 0.2) is 0 Å². The molecule has 0 atom stereocenters. The zero-order valence-corrected chi connectivity index (χ0v) is 13.9. The van der Waals surface area contributed by atoms with E-state index in [0.29, 0.717) is 11.6 Å². The molecule has 0 saturated heterocycles. The molecule has 0 spiro atoms. The normalized spacial score (nSPS) is 17.6. The minimum atomic E-state index is -0.596. The highest BCUT2D eigenvalue weighted by molar-refractivity contribution is 9.10. The van der Waals surface area contributed by atoms with E-state index < -0.39 is 5.54 Å². The van der Waals surface area contributed by atoms with Crippen LogP contribution in [0.2, 0.25) is 5.02 Å². The molecule has 0 bridgehead atoms. The second kappa shape index (κ2) is 6.81. The molecule has 1 aromatic rings. The maximum atomic E-state index is 12.4. The first-order chi connectivity index (χ1) is 9.57. The number of halogens is 2. The van der Waals surface area contributed by atoms with Gasteiger partial charge in [-0.3, -0.25) is 0 Å². The minimum absolute atomic E-state index is 0.147. The smallest absolute Gasteiger partial charge is 0.331 e. The lowest BCUT2D eigenvalue weighted by atomic mass is 9.81. The Balaban J connectivity index is 2.22. The van der Waals surface area contributed by atoms with Gasteiger partial charge in [-0.25, -0.2) is 4.79 Å². The molecule has 1 saturated carbocycles. The van der Waals surface area contributed by atoms with E-state index in [1.807, 2.05) is 25.1 Å². The molecule has 1 fully saturated rings. The van der Waals surface area contributed by atoms with Crippen molar-refractivity contribution in [3.63, 3.8) is 0 Å². The van der Waals surface area contributed by atoms with Crippen molar-refractivity contribution in [3.05, 3.63) is 27.7 Å². The van der Waals surface area contributed by atoms with E-state index in [4.69, 9.17) is 16.3 Å². The first-order valence-electron chi connectivity index (χ1n) is 6.98. The molecule has 0 aromatic heterocycles. The molecule has 1 aliphatic carbocycles. The largest absolute Gasteiger partial charge is 0.464 e. The summed E-state index contributed by atoms with van der Waals surface area (Å²) in [6.07, 6.45) is 4.88. The zero-order valence-electron chi connectivity index (χ0n) is 11.5. The Morgan fingerprint density at radius 2 is 2.10 bits per heavy atom. The molecular formula is C15H19BrClNO2. The molecule has 0 heterocycles. The minimum Gasteiger partial charge on any atom is -0.464 e. The van der Waals surface area contributed by atoms with Gasteiger partial charge in [0, 0.05) is 10.2 Å². The van der Waals surface area contributed by atoms with Gasteiger partial charge in [-0.1, -0.05) is 30.9 Å². The SMILES string of the molecule is CCOC(=O)C1(Nc2ccc(Cl)c(Br)c2)CCCCC1. The van der Waals surface area contributed by atoms with Gasteiger partial charge in [0.2, 0.25) is 0 Å². The number of carbonyl (C=O) groups excluding carboxylic acids is 1. The summed E-state index contributed by atoms with van der Waals surface area (Å²) in [6, 6.07) is 5.61. The van der Waals surface area contributed by atoms with E-state index in [1.165, 1.54) is 6.42 Å². The monoisotopic (exact) mass is 359 g/mol. The first kappa shape index (κ1) is 15.6. The predicted molar refractivity (Wildman–Crippen MR) is 85.2 cm³/mol. The van der Waals surface area contributed by atoms with Crippen molar-refractivity contribution in [2.45, 2.75) is 44.6 Å². The maximum absolute atomic E-state index is 12.4. The molecule has 1 aliphatic rings. The molecule has 2 rings (SSSR count). The Kier molecular flexibility index (Phi) is 5.33. The van der Waals surface area contributed by atoms with Gasteiger partial charge in [-0.15, -0.1) is 0 Å². The Bertz CT molecular complexity index is 487. The van der Waals surface area contributed by atoms with Crippen LogP contribution in [0.1, 0.15) is 39.0 Å². The Morgan fingerprint density at radius 1 is 1.40 bits per heavy atom. The molecule has 20 heavy (non-hydrogen) atoms. The Hall–Kier alpha value is -0.740. The molecule has 3 nitrogen and oxygen atoms in total. The van der Waals surface area contributed by atoms with Crippen LogP contribution >= 0.6 is 27.5 Å². The lowest BCUT2D eigenvalue weighted by molar-refractivity contribution is -0.149. The number of esters is 1. The summed E-state index contributed by atoms with van der Waals surface area (Å²) in [7, 11) is 0. The van der Waals surface area contributed by atoms with Crippen molar-refractivity contribution in [1.29, 1.82) is 0 Å². The number of ether oxygens (including phenoxy) is 1. The second-order valence-electron chi connectivity index (χ2n) is 5.12. The van der Waals surface area contributed by atoms with Gasteiger partial charge >= 0.3 is 5.97 Å². The summed E-state index contributed by atoms with van der Waals surface area (Å²) < 4.78 is 6.09. The van der Waals surface area contributed by atoms with Crippen LogP contribution in [0.15, 0.2) is 22.7 Å². The Morgan fingerprint density at radius 3 is 2.70 bits per heavy atom. The standard InChI is InChI=1S/C15H19BrClNO2/c1-2-20-14(19)15(8-4-3-5-9-15)18-11-6-7-13(17)12(16)10-11/h6-7,10,18H,2-5,8-9H2,1H3. The van der Waals surface area contributed by atoms with Crippen molar-refractivity contribution in [2.75, 3.05) is 11.9 Å². The number of hydrogen-bond acceptors (Lipinski definition) is 3. The third-order valence-corrected chi connectivity index (χ3v) is 4.89. The number of nitrogens with one attached hydrogen (secondary N) is 1. The van der Waals surface area contributed by atoms with Gasteiger partial charge in [0.25, 0.3) is 0 Å². The highest BCUT2D eigenvalue weighted by atomic mass is 79.9. The topological polar surface area (TPSA) is 38.3 Å². The van der Waals surface area contributed by atoms with Crippen LogP contribution in [0, 0.1) is 0 Å². The summed E-state index contributed by atoms with van der Waals surface area (Å²) in [5.74, 6) is -0.147. The van der Waals surface area contributed by atoms with E-state index in [1.54, 1.807) is 0 Å². The lowest BCUT2D eigenvalue weighted by Crippen LogP contribution is -2.49. The highest BCUT2D eigenvalue weighted by Crippen LogP contribution is 2.34. The van der Waals surface area contributed by atoms with Crippen LogP contribution in [0.25, 0.3) is 0 Å². The molecule has 5 heteroatoms. The van der Waals surface area contributed by atoms with Crippen LogP contribution in [0.5, 0.6) is 0 Å². The average molecular weight is 361 g/mol. The van der Waals surface area contributed by atoms with Crippen molar-refractivity contribution in [2.24, 2.45) is 0 Å². The maximum Gasteiger partial charge on any atom is 0.331 e. The molecule has 0 radical (unpaired) electrons. The fourth-order valence-corrected chi connectivity index (χ4v) is 3.15. The van der Waals surface area contributed by atoms with E-state index in [-0.39, 0.29) is 5.97 Å². The third-order valence-electron chi connectivity index (χ3n) is 3.68. The molecule has 0 unspecified atom stereocenters. The molecule has 0 aliphatic heterocycles. The molecule has 110 valence electrons. The summed E-state index contributed by atoms with van der Waals surface area (Å²) in [4.78, 5) is 12.4. The fraction of sp³-hybridized carbons (Fsp3) is 0.533. The number of rotatable bonds is 4. The van der Waals surface area contributed by atoms with Crippen molar-refractivity contribution < 1.29 is 9.53 Å². The van der Waals surface area contributed by atoms with Crippen molar-refractivity contribution in [1.82, 2.24) is 0 Å². The Labute approximate surface area is 133 Å². The van der Waals surface area contributed by atoms with Crippen LogP contribution in [0.3, 0.4) is 0 Å². The number of anilines is 1. The summed E-state index contributed by atoms with van der Waals surface area (Å²) in [5.41, 5.74) is 0.290. The van der Waals surface area contributed by atoms with E-state index in [9.17, 15) is 4.79 Å². The molecule has 1 N–H and O–H groups in total. The first-order valence-corrected chi connectivity index (χ1v) is 8.15. The van der Waals surface area contributed by atoms with E-state index in [2.05, 4.69) is 21.2 Å². The molecular weight excluding hydrogens is 342 g/mol. The van der Waals surface area contributed by atoms with Crippen molar-refractivity contribution >= 4 is 39.2 Å². The van der Waals surface area contributed by atoms with Crippen molar-refractivity contribution in [3.8, 4) is 0 Å². The van der Waals surface area contributed by atoms with E-state index in [0.717, 1.165) is 35.8 Å². The molecule has 1 aromatic carbocycles. The number of hydrogen-bond donors (Lipinski definition) is 1. The van der Waals surface area contributed by atoms with Gasteiger partial charge in [0.1, 0.15) is 5.54 Å². The second-order valence-corrected chi connectivity index (χ2v) is 6.38. The van der Waals surface area contributed by atoms with Crippen LogP contribution in [-0.2, 0) is 9.53 Å². The fourth-order valence-electron chi connectivity index (χ4n) is 2.65.